The average molecular weight is 271 g/mol. The van der Waals surface area contributed by atoms with E-state index in [2.05, 4.69) is 17.0 Å². The van der Waals surface area contributed by atoms with E-state index in [0.717, 1.165) is 12.0 Å². The Bertz CT molecular complexity index is 595. The first-order valence-corrected chi connectivity index (χ1v) is 6.81. The van der Waals surface area contributed by atoms with Crippen LogP contribution in [-0.2, 0) is 11.3 Å². The summed E-state index contributed by atoms with van der Waals surface area (Å²) in [6, 6.07) is 7.47. The third kappa shape index (κ3) is 2.87. The number of carbonyl (C=O) groups excluding carboxylic acids is 1. The summed E-state index contributed by atoms with van der Waals surface area (Å²) < 4.78 is 7.09. The maximum Gasteiger partial charge on any atom is 0.338 e. The molecule has 2 atom stereocenters. The molecule has 0 saturated heterocycles. The highest BCUT2D eigenvalue weighted by Gasteiger charge is 2.33. The van der Waals surface area contributed by atoms with Gasteiger partial charge in [0.25, 0.3) is 0 Å². The molecule has 2 aromatic rings. The molecule has 1 aromatic heterocycles. The predicted molar refractivity (Wildman–Crippen MR) is 73.1 cm³/mol. The number of carbonyl (C=O) groups is 1. The molecular weight excluding hydrogens is 254 g/mol. The van der Waals surface area contributed by atoms with Gasteiger partial charge in [-0.3, -0.25) is 0 Å². The first-order valence-electron chi connectivity index (χ1n) is 6.81. The minimum absolute atomic E-state index is 0.250. The fourth-order valence-electron chi connectivity index (χ4n) is 2.24. The van der Waals surface area contributed by atoms with E-state index < -0.39 is 0 Å². The van der Waals surface area contributed by atoms with Gasteiger partial charge in [0, 0.05) is 0 Å². The van der Waals surface area contributed by atoms with Crippen LogP contribution in [0, 0.1) is 11.8 Å². The van der Waals surface area contributed by atoms with Crippen molar-refractivity contribution < 1.29 is 9.53 Å². The summed E-state index contributed by atoms with van der Waals surface area (Å²) >= 11 is 0. The second kappa shape index (κ2) is 5.45. The molecule has 1 fully saturated rings. The summed E-state index contributed by atoms with van der Waals surface area (Å²) in [4.78, 5) is 16.1. The number of hydrogen-bond donors (Lipinski definition) is 0. The van der Waals surface area contributed by atoms with Gasteiger partial charge in [0.2, 0.25) is 0 Å². The van der Waals surface area contributed by atoms with E-state index in [-0.39, 0.29) is 5.97 Å². The van der Waals surface area contributed by atoms with Gasteiger partial charge in [0.15, 0.2) is 0 Å². The smallest absolute Gasteiger partial charge is 0.338 e. The van der Waals surface area contributed by atoms with Gasteiger partial charge in [-0.1, -0.05) is 25.1 Å². The monoisotopic (exact) mass is 271 g/mol. The highest BCUT2D eigenvalue weighted by Crippen LogP contribution is 2.37. The van der Waals surface area contributed by atoms with Gasteiger partial charge in [-0.25, -0.2) is 14.5 Å². The van der Waals surface area contributed by atoms with Crippen molar-refractivity contribution in [3.63, 3.8) is 0 Å². The van der Waals surface area contributed by atoms with Gasteiger partial charge < -0.3 is 4.74 Å². The Morgan fingerprint density at radius 1 is 1.45 bits per heavy atom. The van der Waals surface area contributed by atoms with Crippen molar-refractivity contribution in [1.82, 2.24) is 14.8 Å². The third-order valence-electron chi connectivity index (χ3n) is 3.74. The standard InChI is InChI=1S/C15H17N3O2/c1-11-6-13(11)8-20-15(19)14-5-3-2-4-12(14)7-18-10-16-9-17-18/h2-5,9-11,13H,6-8H2,1H3/t11-,13+/m0/s1. The molecule has 1 heterocycles. The fraction of sp³-hybridized carbons (Fsp3) is 0.400. The van der Waals surface area contributed by atoms with Crippen molar-refractivity contribution in [2.75, 3.05) is 6.61 Å². The number of nitrogens with zero attached hydrogens (tertiary/aromatic N) is 3. The SMILES string of the molecule is C[C@H]1C[C@@H]1COC(=O)c1ccccc1Cn1cncn1. The van der Waals surface area contributed by atoms with E-state index >= 15 is 0 Å². The lowest BCUT2D eigenvalue weighted by Crippen LogP contribution is -2.12. The summed E-state index contributed by atoms with van der Waals surface area (Å²) in [7, 11) is 0. The van der Waals surface area contributed by atoms with Gasteiger partial charge in [0.05, 0.1) is 18.7 Å². The average Bonchev–Trinajstić information content (AvgIpc) is 2.93. The molecule has 0 amide bonds. The zero-order valence-electron chi connectivity index (χ0n) is 11.4. The zero-order valence-corrected chi connectivity index (χ0v) is 11.4. The van der Waals surface area contributed by atoms with Gasteiger partial charge in [-0.05, 0) is 29.9 Å². The van der Waals surface area contributed by atoms with Crippen LogP contribution in [0.25, 0.3) is 0 Å². The van der Waals surface area contributed by atoms with E-state index in [0.29, 0.717) is 30.6 Å². The van der Waals surface area contributed by atoms with Crippen LogP contribution in [0.15, 0.2) is 36.9 Å². The van der Waals surface area contributed by atoms with Gasteiger partial charge in [-0.15, -0.1) is 0 Å². The highest BCUT2D eigenvalue weighted by atomic mass is 16.5. The molecule has 1 aromatic carbocycles. The molecule has 0 radical (unpaired) electrons. The summed E-state index contributed by atoms with van der Waals surface area (Å²) in [5.41, 5.74) is 1.50. The van der Waals surface area contributed by atoms with E-state index in [4.69, 9.17) is 4.74 Å². The Morgan fingerprint density at radius 2 is 2.25 bits per heavy atom. The van der Waals surface area contributed by atoms with Gasteiger partial charge >= 0.3 is 5.97 Å². The third-order valence-corrected chi connectivity index (χ3v) is 3.74. The summed E-state index contributed by atoms with van der Waals surface area (Å²) in [6.07, 6.45) is 4.28. The molecule has 1 saturated carbocycles. The van der Waals surface area contributed by atoms with Crippen LogP contribution < -0.4 is 0 Å². The molecule has 1 aliphatic rings. The number of aromatic nitrogens is 3. The van der Waals surface area contributed by atoms with Crippen LogP contribution in [0.2, 0.25) is 0 Å². The van der Waals surface area contributed by atoms with Crippen molar-refractivity contribution >= 4 is 5.97 Å². The van der Waals surface area contributed by atoms with Crippen LogP contribution in [0.4, 0.5) is 0 Å². The highest BCUT2D eigenvalue weighted by molar-refractivity contribution is 5.91. The molecule has 0 aliphatic heterocycles. The molecule has 5 heteroatoms. The summed E-state index contributed by atoms with van der Waals surface area (Å²) in [6.45, 7) is 3.22. The van der Waals surface area contributed by atoms with Gasteiger partial charge in [0.1, 0.15) is 12.7 Å². The number of hydrogen-bond acceptors (Lipinski definition) is 4. The minimum Gasteiger partial charge on any atom is -0.462 e. The molecule has 0 spiro atoms. The van der Waals surface area contributed by atoms with Crippen molar-refractivity contribution in [2.45, 2.75) is 19.9 Å². The largest absolute Gasteiger partial charge is 0.462 e. The lowest BCUT2D eigenvalue weighted by molar-refractivity contribution is 0.0480. The van der Waals surface area contributed by atoms with Gasteiger partial charge in [-0.2, -0.15) is 5.10 Å². The lowest BCUT2D eigenvalue weighted by atomic mass is 10.1. The Balaban J connectivity index is 1.69. The summed E-state index contributed by atoms with van der Waals surface area (Å²) in [5.74, 6) is 0.981. The second-order valence-corrected chi connectivity index (χ2v) is 5.32. The number of benzene rings is 1. The number of ether oxygens (including phenoxy) is 1. The normalized spacial score (nSPS) is 20.6. The Labute approximate surface area is 117 Å². The molecule has 20 heavy (non-hydrogen) atoms. The molecular formula is C15H17N3O2. The van der Waals surface area contributed by atoms with Crippen LogP contribution in [0.3, 0.4) is 0 Å². The van der Waals surface area contributed by atoms with Crippen molar-refractivity contribution in [3.8, 4) is 0 Å². The van der Waals surface area contributed by atoms with E-state index in [9.17, 15) is 4.79 Å². The zero-order chi connectivity index (χ0) is 13.9. The molecule has 0 unspecified atom stereocenters. The molecule has 5 nitrogen and oxygen atoms in total. The summed E-state index contributed by atoms with van der Waals surface area (Å²) in [5, 5.41) is 4.06. The van der Waals surface area contributed by atoms with E-state index in [1.165, 1.54) is 6.33 Å². The van der Waals surface area contributed by atoms with Crippen LogP contribution >= 0.6 is 0 Å². The lowest BCUT2D eigenvalue weighted by Gasteiger charge is -2.09. The van der Waals surface area contributed by atoms with Crippen molar-refractivity contribution in [1.29, 1.82) is 0 Å². The Hall–Kier alpha value is -2.17. The first kappa shape index (κ1) is 12.8. The molecule has 1 aliphatic carbocycles. The second-order valence-electron chi connectivity index (χ2n) is 5.32. The van der Waals surface area contributed by atoms with Crippen LogP contribution in [0.5, 0.6) is 0 Å². The van der Waals surface area contributed by atoms with Crippen molar-refractivity contribution in [3.05, 3.63) is 48.0 Å². The van der Waals surface area contributed by atoms with Crippen molar-refractivity contribution in [2.24, 2.45) is 11.8 Å². The molecule has 104 valence electrons. The maximum atomic E-state index is 12.2. The van der Waals surface area contributed by atoms with Crippen LogP contribution in [-0.4, -0.2) is 27.3 Å². The fourth-order valence-corrected chi connectivity index (χ4v) is 2.24. The Morgan fingerprint density at radius 3 is 2.95 bits per heavy atom. The predicted octanol–water partition coefficient (Wildman–Crippen LogP) is 2.14. The molecule has 0 N–H and O–H groups in total. The minimum atomic E-state index is -0.250. The van der Waals surface area contributed by atoms with E-state index in [1.54, 1.807) is 17.1 Å². The van der Waals surface area contributed by atoms with E-state index in [1.807, 2.05) is 18.2 Å². The topological polar surface area (TPSA) is 57.0 Å². The van der Waals surface area contributed by atoms with Crippen LogP contribution in [0.1, 0.15) is 29.3 Å². The Kier molecular flexibility index (Phi) is 3.50. The first-order chi connectivity index (χ1) is 9.74. The quantitative estimate of drug-likeness (QED) is 0.782. The molecule has 3 rings (SSSR count). The number of esters is 1. The molecule has 0 bridgehead atoms. The number of rotatable bonds is 5. The maximum absolute atomic E-state index is 12.2.